The Balaban J connectivity index is 0.000000370. The van der Waals surface area contributed by atoms with E-state index >= 15 is 0 Å². The number of hydrogen-bond donors (Lipinski definition) is 2. The summed E-state index contributed by atoms with van der Waals surface area (Å²) < 4.78 is 11.8. The summed E-state index contributed by atoms with van der Waals surface area (Å²) in [6.07, 6.45) is 2.54. The lowest BCUT2D eigenvalue weighted by molar-refractivity contribution is 0.306. The molecule has 31 heavy (non-hydrogen) atoms. The largest absolute Gasteiger partial charge is 0.395 e. The summed E-state index contributed by atoms with van der Waals surface area (Å²) in [4.78, 5) is 14.4. The summed E-state index contributed by atoms with van der Waals surface area (Å²) in [5.74, 6) is 2.27. The van der Waals surface area contributed by atoms with Crippen molar-refractivity contribution in [2.24, 2.45) is 11.7 Å². The van der Waals surface area contributed by atoms with Crippen LogP contribution in [0.1, 0.15) is 26.5 Å². The third-order valence-corrected chi connectivity index (χ3v) is 6.13. The van der Waals surface area contributed by atoms with Gasteiger partial charge < -0.3 is 20.6 Å². The first-order chi connectivity index (χ1) is 14.8. The first-order valence-electron chi connectivity index (χ1n) is 10.7. The predicted molar refractivity (Wildman–Crippen MR) is 130 cm³/mol. The molecular weight excluding hydrogens is 434 g/mol. The number of nitrogens with two attached hydrogens (primary N) is 1. The van der Waals surface area contributed by atoms with Crippen molar-refractivity contribution in [2.45, 2.75) is 32.1 Å². The summed E-state index contributed by atoms with van der Waals surface area (Å²) >= 11 is 5.95. The van der Waals surface area contributed by atoms with Gasteiger partial charge in [0.1, 0.15) is 0 Å². The molecule has 0 bridgehead atoms. The molecule has 1 aromatic carbocycles. The van der Waals surface area contributed by atoms with E-state index in [1.807, 2.05) is 12.1 Å². The van der Waals surface area contributed by atoms with Crippen LogP contribution in [0, 0.1) is 5.92 Å². The second kappa shape index (κ2) is 13.0. The number of benzene rings is 1. The smallest absolute Gasteiger partial charge is 0.225 e. The second-order valence-electron chi connectivity index (χ2n) is 7.98. The normalized spacial score (nSPS) is 17.5. The van der Waals surface area contributed by atoms with Crippen LogP contribution in [0.3, 0.4) is 0 Å². The van der Waals surface area contributed by atoms with Crippen molar-refractivity contribution >= 4 is 34.0 Å². The minimum absolute atomic E-state index is 0.0972. The maximum atomic E-state index is 11.8. The second-order valence-corrected chi connectivity index (χ2v) is 9.95. The van der Waals surface area contributed by atoms with Crippen molar-refractivity contribution < 1.29 is 9.32 Å². The topological polar surface area (TPSA) is 95.6 Å². The van der Waals surface area contributed by atoms with Crippen LogP contribution in [0.2, 0.25) is 5.02 Å². The standard InChI is InChI=1S/C16H17ClN4OS.C4H10.C2H7NO/c17-12-1-3-13(4-2-12)20-6-8-21(9-7-20)16-18-11-15-14(19-16)5-10-23(15)22;1-4(2)3;3-1-2-4/h1-4,11H,5-10H2;4H,1-3H3;4H,1-3H2. The van der Waals surface area contributed by atoms with Gasteiger partial charge in [0.25, 0.3) is 0 Å². The molecule has 4 rings (SSSR count). The Labute approximate surface area is 193 Å². The molecule has 2 aromatic rings. The molecule has 0 spiro atoms. The molecule has 1 unspecified atom stereocenters. The lowest BCUT2D eigenvalue weighted by Gasteiger charge is -2.36. The molecule has 9 heteroatoms. The lowest BCUT2D eigenvalue weighted by atomic mass is 10.2. The van der Waals surface area contributed by atoms with Gasteiger partial charge in [-0.2, -0.15) is 0 Å². The van der Waals surface area contributed by atoms with E-state index in [4.69, 9.17) is 22.4 Å². The van der Waals surface area contributed by atoms with Crippen LogP contribution in [-0.2, 0) is 17.2 Å². The number of aromatic nitrogens is 2. The number of hydrogen-bond acceptors (Lipinski definition) is 7. The van der Waals surface area contributed by atoms with Crippen molar-refractivity contribution in [1.82, 2.24) is 9.97 Å². The van der Waals surface area contributed by atoms with Gasteiger partial charge in [-0.05, 0) is 30.2 Å². The van der Waals surface area contributed by atoms with Gasteiger partial charge in [0.05, 0.1) is 28.0 Å². The summed E-state index contributed by atoms with van der Waals surface area (Å²) in [6.45, 7) is 10.6. The highest BCUT2D eigenvalue weighted by Gasteiger charge is 2.24. The Hall–Kier alpha value is -1.74. The Kier molecular flexibility index (Phi) is 10.7. The van der Waals surface area contributed by atoms with E-state index in [-0.39, 0.29) is 6.61 Å². The number of aryl methyl sites for hydroxylation is 1. The van der Waals surface area contributed by atoms with E-state index in [1.54, 1.807) is 6.20 Å². The van der Waals surface area contributed by atoms with Gasteiger partial charge in [0.2, 0.25) is 5.95 Å². The molecule has 2 aliphatic heterocycles. The molecule has 3 heterocycles. The highest BCUT2D eigenvalue weighted by molar-refractivity contribution is 7.85. The summed E-state index contributed by atoms with van der Waals surface area (Å²) in [7, 11) is -0.906. The molecule has 1 atom stereocenters. The average Bonchev–Trinajstić information content (AvgIpc) is 3.14. The number of halogens is 1. The van der Waals surface area contributed by atoms with Crippen LogP contribution in [0.4, 0.5) is 11.6 Å². The molecule has 3 N–H and O–H groups in total. The van der Waals surface area contributed by atoms with Crippen LogP contribution in [0.25, 0.3) is 0 Å². The van der Waals surface area contributed by atoms with Crippen molar-refractivity contribution in [3.8, 4) is 0 Å². The molecule has 0 saturated carbocycles. The van der Waals surface area contributed by atoms with Gasteiger partial charge in [-0.25, -0.2) is 9.97 Å². The fourth-order valence-electron chi connectivity index (χ4n) is 3.03. The maximum Gasteiger partial charge on any atom is 0.225 e. The van der Waals surface area contributed by atoms with Crippen molar-refractivity contribution in [3.05, 3.63) is 41.2 Å². The van der Waals surface area contributed by atoms with Crippen molar-refractivity contribution in [1.29, 1.82) is 0 Å². The molecular formula is C22H34ClN5O2S. The molecule has 1 saturated heterocycles. The fraction of sp³-hybridized carbons (Fsp3) is 0.545. The van der Waals surface area contributed by atoms with Gasteiger partial charge >= 0.3 is 0 Å². The molecule has 1 aromatic heterocycles. The number of aliphatic hydroxyl groups is 1. The van der Waals surface area contributed by atoms with Gasteiger partial charge in [0.15, 0.2) is 0 Å². The molecule has 7 nitrogen and oxygen atoms in total. The van der Waals surface area contributed by atoms with Gasteiger partial charge in [-0.1, -0.05) is 32.4 Å². The predicted octanol–water partition coefficient (Wildman–Crippen LogP) is 2.72. The van der Waals surface area contributed by atoms with Crippen LogP contribution in [0.15, 0.2) is 35.4 Å². The monoisotopic (exact) mass is 467 g/mol. The minimum atomic E-state index is -0.906. The molecule has 172 valence electrons. The van der Waals surface area contributed by atoms with Crippen LogP contribution in [0.5, 0.6) is 0 Å². The SMILES string of the molecule is CC(C)C.NCCO.O=S1CCc2nc(N3CCN(c4ccc(Cl)cc4)CC3)ncc21. The van der Waals surface area contributed by atoms with E-state index in [1.165, 1.54) is 5.69 Å². The molecule has 0 radical (unpaired) electrons. The molecule has 1 fully saturated rings. The van der Waals surface area contributed by atoms with Gasteiger partial charge in [-0.3, -0.25) is 4.21 Å². The number of aliphatic hydroxyl groups excluding tert-OH is 1. The Bertz CT molecular complexity index is 822. The van der Waals surface area contributed by atoms with E-state index in [0.29, 0.717) is 12.3 Å². The number of rotatable bonds is 3. The van der Waals surface area contributed by atoms with E-state index in [9.17, 15) is 4.21 Å². The highest BCUT2D eigenvalue weighted by Crippen LogP contribution is 2.24. The molecule has 0 aliphatic carbocycles. The van der Waals surface area contributed by atoms with Crippen molar-refractivity contribution in [3.63, 3.8) is 0 Å². The van der Waals surface area contributed by atoms with Crippen LogP contribution < -0.4 is 15.5 Å². The number of anilines is 2. The Morgan fingerprint density at radius 3 is 2.23 bits per heavy atom. The number of fused-ring (bicyclic) bond motifs is 1. The zero-order chi connectivity index (χ0) is 22.8. The molecule has 2 aliphatic rings. The summed E-state index contributed by atoms with van der Waals surface area (Å²) in [6, 6.07) is 7.96. The average molecular weight is 468 g/mol. The lowest BCUT2D eigenvalue weighted by Crippen LogP contribution is -2.47. The van der Waals surface area contributed by atoms with Crippen LogP contribution >= 0.6 is 11.6 Å². The first kappa shape index (κ1) is 25.5. The van der Waals surface area contributed by atoms with E-state index < -0.39 is 10.8 Å². The zero-order valence-corrected chi connectivity index (χ0v) is 20.2. The third kappa shape index (κ3) is 8.03. The number of piperazine rings is 1. The Morgan fingerprint density at radius 1 is 1.13 bits per heavy atom. The fourth-order valence-corrected chi connectivity index (χ4v) is 4.34. The zero-order valence-electron chi connectivity index (χ0n) is 18.6. The highest BCUT2D eigenvalue weighted by atomic mass is 35.5. The first-order valence-corrected chi connectivity index (χ1v) is 12.4. The molecule has 0 amide bonds. The van der Waals surface area contributed by atoms with E-state index in [0.717, 1.165) is 60.1 Å². The summed E-state index contributed by atoms with van der Waals surface area (Å²) in [5, 5.41) is 8.51. The minimum Gasteiger partial charge on any atom is -0.395 e. The van der Waals surface area contributed by atoms with Gasteiger partial charge in [-0.15, -0.1) is 0 Å². The van der Waals surface area contributed by atoms with Crippen LogP contribution in [-0.4, -0.2) is 64.4 Å². The Morgan fingerprint density at radius 2 is 1.68 bits per heavy atom. The third-order valence-electron chi connectivity index (χ3n) is 4.47. The number of nitrogens with zero attached hydrogens (tertiary/aromatic N) is 4. The summed E-state index contributed by atoms with van der Waals surface area (Å²) in [5.41, 5.74) is 6.92. The maximum absolute atomic E-state index is 11.8. The quantitative estimate of drug-likeness (QED) is 0.716. The van der Waals surface area contributed by atoms with E-state index in [2.05, 4.69) is 52.7 Å². The van der Waals surface area contributed by atoms with Gasteiger partial charge in [0, 0.05) is 61.8 Å². The van der Waals surface area contributed by atoms with Crippen molar-refractivity contribution in [2.75, 3.05) is 54.9 Å².